The number of aliphatic hydroxyl groups is 2. The van der Waals surface area contributed by atoms with Gasteiger partial charge in [-0.3, -0.25) is 0 Å². The summed E-state index contributed by atoms with van der Waals surface area (Å²) in [5.41, 5.74) is 1.53. The number of carboxylic acids is 2. The second kappa shape index (κ2) is 37.9. The monoisotopic (exact) mass is 1500 g/mol. The van der Waals surface area contributed by atoms with Gasteiger partial charge in [0, 0.05) is 77.2 Å². The van der Waals surface area contributed by atoms with Crippen molar-refractivity contribution in [2.24, 2.45) is 23.7 Å². The van der Waals surface area contributed by atoms with Crippen molar-refractivity contribution >= 4 is 139 Å². The van der Waals surface area contributed by atoms with Crippen LogP contribution in [0.4, 0.5) is 0 Å². The van der Waals surface area contributed by atoms with Crippen LogP contribution in [0.25, 0.3) is 21.5 Å². The van der Waals surface area contributed by atoms with Crippen LogP contribution in [0.3, 0.4) is 0 Å². The molecule has 2 fully saturated rings. The minimum absolute atomic E-state index is 0. The summed E-state index contributed by atoms with van der Waals surface area (Å²) in [6.07, 6.45) is 7.06. The van der Waals surface area contributed by atoms with Crippen molar-refractivity contribution in [1.29, 1.82) is 0 Å². The molecule has 84 heavy (non-hydrogen) atoms. The predicted molar refractivity (Wildman–Crippen MR) is 359 cm³/mol. The number of aromatic carboxylic acids is 2. The minimum atomic E-state index is -0.917. The molecule has 10 aromatic carbocycles. The predicted octanol–water partition coefficient (Wildman–Crippen LogP) is 15.2. The molecule has 0 aromatic heterocycles. The van der Waals surface area contributed by atoms with E-state index in [9.17, 15) is 9.59 Å². The van der Waals surface area contributed by atoms with Gasteiger partial charge in [-0.1, -0.05) is 234 Å². The number of carboxylic acid groups (broad SMARTS) is 2. The van der Waals surface area contributed by atoms with E-state index in [1.54, 1.807) is 50.7 Å². The first-order valence-electron chi connectivity index (χ1n) is 26.2. The normalized spacial score (nSPS) is 14.6. The number of hydrogen-bond acceptors (Lipinski definition) is 4. The Labute approximate surface area is 546 Å². The Kier molecular flexibility index (Phi) is 31.2. The van der Waals surface area contributed by atoms with Gasteiger partial charge >= 0.3 is 45.0 Å². The first kappa shape index (κ1) is 69.3. The Bertz CT molecular complexity index is 3390. The molecule has 2 aliphatic carbocycles. The van der Waals surface area contributed by atoms with E-state index in [0.717, 1.165) is 44.4 Å². The molecule has 2 saturated carbocycles. The number of carbonyl (C=O) groups is 2. The Morgan fingerprint density at radius 2 is 0.774 bits per heavy atom. The fraction of sp³-hybridized carbons (Fsp3) is 0.114. The average Bonchev–Trinajstić information content (AvgIpc) is 4.64. The number of halogens is 4. The maximum atomic E-state index is 10.9. The smallest absolute Gasteiger partial charge is 0 e. The van der Waals surface area contributed by atoms with Gasteiger partial charge in [0.25, 0.3) is 0 Å². The van der Waals surface area contributed by atoms with E-state index in [1.165, 1.54) is 31.8 Å². The van der Waals surface area contributed by atoms with E-state index < -0.39 is 27.8 Å². The van der Waals surface area contributed by atoms with Crippen molar-refractivity contribution in [3.63, 3.8) is 0 Å². The molecule has 10 aromatic rings. The molecule has 0 saturated heterocycles. The van der Waals surface area contributed by atoms with Crippen molar-refractivity contribution in [2.75, 3.05) is 13.2 Å². The fourth-order valence-corrected chi connectivity index (χ4v) is 13.6. The summed E-state index contributed by atoms with van der Waals surface area (Å²) in [6, 6.07) is 86.3. The van der Waals surface area contributed by atoms with Crippen molar-refractivity contribution in [1.82, 2.24) is 0 Å². The summed E-state index contributed by atoms with van der Waals surface area (Å²) in [5, 5.41) is 47.4. The molecule has 6 nitrogen and oxygen atoms in total. The molecule has 4 N–H and O–H groups in total. The molecule has 434 valence electrons. The molecule has 0 heterocycles. The van der Waals surface area contributed by atoms with Crippen LogP contribution < -0.4 is 31.8 Å². The first-order chi connectivity index (χ1) is 40.6. The molecule has 2 aliphatic rings. The van der Waals surface area contributed by atoms with Gasteiger partial charge in [0.05, 0.1) is 11.1 Å². The number of terminal acetylenes is 1. The minimum Gasteiger partial charge on any atom is -0.0622 e. The third kappa shape index (κ3) is 21.8. The van der Waals surface area contributed by atoms with Crippen LogP contribution in [0, 0.1) is 47.9 Å². The second-order valence-corrected chi connectivity index (χ2v) is 24.1. The Hall–Kier alpha value is -5.47. The number of hydrogen-bond donors (Lipinski definition) is 4. The van der Waals surface area contributed by atoms with Gasteiger partial charge in [-0.05, 0) is 142 Å². The molecule has 14 heteroatoms. The summed E-state index contributed by atoms with van der Waals surface area (Å²) in [6.45, 7) is 0.490. The van der Waals surface area contributed by atoms with Crippen LogP contribution in [-0.2, 0) is 33.2 Å². The first-order valence-corrected chi connectivity index (χ1v) is 33.8. The van der Waals surface area contributed by atoms with Gasteiger partial charge in [-0.15, -0.1) is 12.3 Å². The Morgan fingerprint density at radius 1 is 0.476 bits per heavy atom. The third-order valence-corrected chi connectivity index (χ3v) is 18.5. The van der Waals surface area contributed by atoms with Gasteiger partial charge in [0.1, 0.15) is 0 Å². The van der Waals surface area contributed by atoms with Crippen LogP contribution >= 0.6 is 73.8 Å². The van der Waals surface area contributed by atoms with Crippen LogP contribution in [0.15, 0.2) is 259 Å². The SMILES string of the molecule is C#C[C@H]1CC1CO.ClCl.O=C(O)c1ccc2cc(Br)ccc2c1.O=C(O)c1ccc2cc(C#C[C@H]3CC3CO)ccc2c1.[Cu][I].[Pd].c1ccc(P(c2ccccc2)c2ccccc2)cc1.c1ccc(P(c2ccccc2)c2ccccc2)cc1. The second-order valence-electron chi connectivity index (χ2n) is 18.8. The molecule has 0 amide bonds. The summed E-state index contributed by atoms with van der Waals surface area (Å²) >= 11 is 9.23. The van der Waals surface area contributed by atoms with Crippen molar-refractivity contribution in [2.45, 2.75) is 12.8 Å². The van der Waals surface area contributed by atoms with E-state index in [2.05, 4.69) is 250 Å². The summed E-state index contributed by atoms with van der Waals surface area (Å²) < 4.78 is 0.994. The van der Waals surface area contributed by atoms with E-state index >= 15 is 0 Å². The summed E-state index contributed by atoms with van der Waals surface area (Å²) in [5.74, 6) is 8.56. The number of aliphatic hydroxyl groups excluding tert-OH is 2. The van der Waals surface area contributed by atoms with Gasteiger partial charge in [0.15, 0.2) is 0 Å². The molecule has 12 rings (SSSR count). The molecule has 0 radical (unpaired) electrons. The topological polar surface area (TPSA) is 115 Å². The van der Waals surface area contributed by atoms with Gasteiger partial charge < -0.3 is 20.4 Å². The van der Waals surface area contributed by atoms with E-state index in [4.69, 9.17) is 26.8 Å². The van der Waals surface area contributed by atoms with E-state index in [-0.39, 0.29) is 33.6 Å². The van der Waals surface area contributed by atoms with Crippen LogP contribution in [0.2, 0.25) is 0 Å². The van der Waals surface area contributed by atoms with Gasteiger partial charge in [-0.25, -0.2) is 9.59 Å². The standard InChI is InChI=1S/2C18H15P.C17H14O3.C11H7BrO2.C6H8O.Cl2.Cu.HI.Pd/c2*1-4-10-16(11-5-1)19(17-12-6-2-7-13-17)18-14-8-3-9-15-18;18-10-16-9-14(16)4-2-11-1-3-13-8-15(17(19)20)6-5-12(13)7-11;12-10-4-3-7-5-9(11(13)14)2-1-8(7)6-10;1-2-5-3-6(5)4-7;1-2;;;/h2*1-15H;1,3,5-8,14,16,18H,9-10H2,(H,19,20);1-6H,(H,13,14);1,5-7H,3-4H2;;;1H;/q;;;;;;+1;;/p-1/t;;14-,16?;;5-,6?;;;;/m..0.0..../s1. The number of benzene rings is 10. The van der Waals surface area contributed by atoms with Crippen LogP contribution in [0.5, 0.6) is 0 Å². The van der Waals surface area contributed by atoms with E-state index in [1.807, 2.05) is 42.5 Å². The molecule has 0 aliphatic heterocycles. The molecule has 4 atom stereocenters. The van der Waals surface area contributed by atoms with Crippen molar-refractivity contribution in [3.05, 3.63) is 276 Å². The van der Waals surface area contributed by atoms with Crippen LogP contribution in [0.1, 0.15) is 39.1 Å². The maximum Gasteiger partial charge on any atom is 0 e. The molecule has 0 spiro atoms. The third-order valence-electron chi connectivity index (χ3n) is 13.2. The zero-order valence-corrected chi connectivity index (χ0v) is 54.6. The molecule has 2 unspecified atom stereocenters. The van der Waals surface area contributed by atoms with Crippen molar-refractivity contribution in [3.8, 4) is 24.2 Å². The summed E-state index contributed by atoms with van der Waals surface area (Å²) in [7, 11) is 7.33. The largest absolute Gasteiger partial charge is 0.0622 e. The zero-order chi connectivity index (χ0) is 59.3. The maximum absolute atomic E-state index is 10.9. The van der Waals surface area contributed by atoms with Crippen LogP contribution in [-0.4, -0.2) is 45.6 Å². The van der Waals surface area contributed by atoms with Gasteiger partial charge in [0.2, 0.25) is 0 Å². The molecule has 0 bridgehead atoms. The Balaban J connectivity index is 0.000000194. The number of fused-ring (bicyclic) bond motifs is 2. The average molecular weight is 1510 g/mol. The summed E-state index contributed by atoms with van der Waals surface area (Å²) in [4.78, 5) is 21.6. The van der Waals surface area contributed by atoms with Gasteiger partial charge in [-0.2, -0.15) is 0 Å². The molecular formula is C70H59BrCl2CuIO6P2Pd. The fourth-order valence-electron chi connectivity index (χ4n) is 8.62. The Morgan fingerprint density at radius 3 is 1.07 bits per heavy atom. The molecular weight excluding hydrogens is 1450 g/mol. The quantitative estimate of drug-likeness (QED) is 0.0469. The zero-order valence-electron chi connectivity index (χ0n) is 45.1. The number of rotatable bonds is 10. The van der Waals surface area contributed by atoms with E-state index in [0.29, 0.717) is 34.8 Å². The van der Waals surface area contributed by atoms with Crippen molar-refractivity contribution < 1.29 is 63.2 Å².